The van der Waals surface area contributed by atoms with Crippen molar-refractivity contribution >= 4 is 5.70 Å². The van der Waals surface area contributed by atoms with Crippen LogP contribution in [0.2, 0.25) is 0 Å². The van der Waals surface area contributed by atoms with Gasteiger partial charge in [0.05, 0.1) is 22.6 Å². The minimum absolute atomic E-state index is 0.311. The van der Waals surface area contributed by atoms with Gasteiger partial charge in [-0.1, -0.05) is 12.1 Å². The molecule has 0 atom stereocenters. The molecule has 3 aromatic carbocycles. The normalized spacial score (nSPS) is 12.4. The predicted molar refractivity (Wildman–Crippen MR) is 109 cm³/mol. The maximum absolute atomic E-state index is 13.6. The highest BCUT2D eigenvalue weighted by molar-refractivity contribution is 5.86. The summed E-state index contributed by atoms with van der Waals surface area (Å²) in [4.78, 5) is 4.93. The van der Waals surface area contributed by atoms with Crippen molar-refractivity contribution < 1.29 is 13.5 Å². The highest BCUT2D eigenvalue weighted by Gasteiger charge is 2.25. The number of hydrogen-bond acceptors (Lipinski definition) is 2. The van der Waals surface area contributed by atoms with Gasteiger partial charge < -0.3 is 4.74 Å². The third-order valence-corrected chi connectivity index (χ3v) is 4.95. The number of hydrogen-bond donors (Lipinski definition) is 0. The predicted octanol–water partition coefficient (Wildman–Crippen LogP) is 6.37. The van der Waals surface area contributed by atoms with Crippen molar-refractivity contribution in [3.05, 3.63) is 90.7 Å². The van der Waals surface area contributed by atoms with Gasteiger partial charge in [0.2, 0.25) is 0 Å². The summed E-state index contributed by atoms with van der Waals surface area (Å²) in [6.45, 7) is 1.93. The molecule has 0 saturated carbocycles. The lowest BCUT2D eigenvalue weighted by Gasteiger charge is -2.12. The molecule has 0 unspecified atom stereocenters. The molecule has 0 amide bonds. The third kappa shape index (κ3) is 2.91. The molecule has 4 aromatic rings. The number of para-hydroxylation sites is 1. The lowest BCUT2D eigenvalue weighted by molar-refractivity contribution is 0.485. The Hall–Kier alpha value is -3.73. The van der Waals surface area contributed by atoms with Crippen molar-refractivity contribution in [3.8, 4) is 39.7 Å². The molecule has 5 heteroatoms. The molecule has 0 bridgehead atoms. The van der Waals surface area contributed by atoms with Gasteiger partial charge in [-0.15, -0.1) is 0 Å². The van der Waals surface area contributed by atoms with E-state index >= 15 is 0 Å². The Morgan fingerprint density at radius 1 is 0.793 bits per heavy atom. The molecule has 3 nitrogen and oxygen atoms in total. The van der Waals surface area contributed by atoms with Crippen LogP contribution in [0.4, 0.5) is 8.78 Å². The van der Waals surface area contributed by atoms with E-state index in [4.69, 9.17) is 9.72 Å². The maximum Gasteiger partial charge on any atom is 0.149 e. The largest absolute Gasteiger partial charge is 0.462 e. The first-order chi connectivity index (χ1) is 14.1. The average molecular weight is 386 g/mol. The van der Waals surface area contributed by atoms with Gasteiger partial charge in [-0.05, 0) is 67.6 Å². The summed E-state index contributed by atoms with van der Waals surface area (Å²) in [7, 11) is 0. The number of fused-ring (bicyclic) bond motifs is 3. The number of halogens is 2. The maximum atomic E-state index is 13.6. The van der Waals surface area contributed by atoms with E-state index < -0.39 is 0 Å². The van der Waals surface area contributed by atoms with E-state index in [-0.39, 0.29) is 11.6 Å². The van der Waals surface area contributed by atoms with Crippen molar-refractivity contribution in [3.63, 3.8) is 0 Å². The first-order valence-corrected chi connectivity index (χ1v) is 9.19. The molecule has 0 aliphatic carbocycles. The second kappa shape index (κ2) is 6.71. The van der Waals surface area contributed by atoms with Crippen LogP contribution in [0.5, 0.6) is 5.75 Å². The molecule has 2 heterocycles. The number of aromatic nitrogens is 2. The molecule has 142 valence electrons. The smallest absolute Gasteiger partial charge is 0.149 e. The quantitative estimate of drug-likeness (QED) is 0.400. The van der Waals surface area contributed by atoms with Gasteiger partial charge in [-0.25, -0.2) is 13.8 Å². The van der Waals surface area contributed by atoms with E-state index in [1.165, 1.54) is 24.3 Å². The van der Waals surface area contributed by atoms with Crippen LogP contribution in [-0.4, -0.2) is 9.55 Å². The molecule has 0 saturated heterocycles. The van der Waals surface area contributed by atoms with Gasteiger partial charge in [-0.2, -0.15) is 0 Å². The highest BCUT2D eigenvalue weighted by atomic mass is 19.1. The summed E-state index contributed by atoms with van der Waals surface area (Å²) in [6, 6.07) is 20.2. The number of allylic oxidation sites excluding steroid dienone is 1. The second-order valence-electron chi connectivity index (χ2n) is 6.86. The first kappa shape index (κ1) is 17.4. The summed E-state index contributed by atoms with van der Waals surface area (Å²) in [6.07, 6.45) is 1.68. The standard InChI is InChI=1S/C24H16F2N2O/c1-15-14-29-21-5-3-2-4-20(21)24-27-22(16-6-10-18(25)11-7-16)23(28(15)24)17-8-12-19(26)13-9-17/h2-14H,1H3. The number of imidazole rings is 1. The van der Waals surface area contributed by atoms with Crippen LogP contribution in [0.15, 0.2) is 79.1 Å². The Labute approximate surface area is 166 Å². The summed E-state index contributed by atoms with van der Waals surface area (Å²) in [5, 5.41) is 0. The number of benzene rings is 3. The molecule has 5 rings (SSSR count). The van der Waals surface area contributed by atoms with Gasteiger partial charge in [0, 0.05) is 11.1 Å². The number of ether oxygens (including phenoxy) is 1. The number of rotatable bonds is 2. The van der Waals surface area contributed by atoms with E-state index in [2.05, 4.69) is 0 Å². The monoisotopic (exact) mass is 386 g/mol. The summed E-state index contributed by atoms with van der Waals surface area (Å²) >= 11 is 0. The van der Waals surface area contributed by atoms with E-state index in [9.17, 15) is 8.78 Å². The highest BCUT2D eigenvalue weighted by Crippen LogP contribution is 2.42. The molecule has 1 aliphatic rings. The number of nitrogens with zero attached hydrogens (tertiary/aromatic N) is 2. The van der Waals surface area contributed by atoms with E-state index in [0.717, 1.165) is 28.1 Å². The van der Waals surface area contributed by atoms with Crippen LogP contribution in [0, 0.1) is 11.6 Å². The van der Waals surface area contributed by atoms with Crippen molar-refractivity contribution in [2.75, 3.05) is 0 Å². The summed E-state index contributed by atoms with van der Waals surface area (Å²) in [5.41, 5.74) is 4.74. The topological polar surface area (TPSA) is 27.1 Å². The Kier molecular flexibility index (Phi) is 4.02. The molecule has 1 aromatic heterocycles. The minimum atomic E-state index is -0.312. The van der Waals surface area contributed by atoms with Crippen LogP contribution in [-0.2, 0) is 0 Å². The van der Waals surface area contributed by atoms with Crippen LogP contribution in [0.1, 0.15) is 6.92 Å². The van der Waals surface area contributed by atoms with Crippen molar-refractivity contribution in [1.29, 1.82) is 0 Å². The van der Waals surface area contributed by atoms with Crippen molar-refractivity contribution in [1.82, 2.24) is 9.55 Å². The lowest BCUT2D eigenvalue weighted by atomic mass is 10.0. The van der Waals surface area contributed by atoms with Crippen LogP contribution in [0.25, 0.3) is 39.6 Å². The van der Waals surface area contributed by atoms with Crippen LogP contribution in [0.3, 0.4) is 0 Å². The van der Waals surface area contributed by atoms with Crippen LogP contribution >= 0.6 is 0 Å². The lowest BCUT2D eigenvalue weighted by Crippen LogP contribution is -1.99. The second-order valence-corrected chi connectivity index (χ2v) is 6.86. The fourth-order valence-electron chi connectivity index (χ4n) is 3.58. The average Bonchev–Trinajstić information content (AvgIpc) is 3.07. The fourth-order valence-corrected chi connectivity index (χ4v) is 3.58. The molecule has 1 aliphatic heterocycles. The Morgan fingerprint density at radius 3 is 2.10 bits per heavy atom. The Balaban J connectivity index is 1.86. The molecular weight excluding hydrogens is 370 g/mol. The zero-order valence-electron chi connectivity index (χ0n) is 15.6. The zero-order valence-corrected chi connectivity index (χ0v) is 15.6. The molecule has 0 N–H and O–H groups in total. The molecule has 0 spiro atoms. The zero-order chi connectivity index (χ0) is 20.0. The molecule has 0 fully saturated rings. The van der Waals surface area contributed by atoms with E-state index in [1.54, 1.807) is 30.5 Å². The Bertz CT molecular complexity index is 1240. The van der Waals surface area contributed by atoms with Crippen LogP contribution < -0.4 is 4.74 Å². The SMILES string of the molecule is CC1=COc2ccccc2-c2nc(-c3ccc(F)cc3)c(-c3ccc(F)cc3)n21. The Morgan fingerprint density at radius 2 is 1.41 bits per heavy atom. The minimum Gasteiger partial charge on any atom is -0.462 e. The van der Waals surface area contributed by atoms with E-state index in [0.29, 0.717) is 17.3 Å². The first-order valence-electron chi connectivity index (χ1n) is 9.19. The van der Waals surface area contributed by atoms with Gasteiger partial charge in [0.25, 0.3) is 0 Å². The van der Waals surface area contributed by atoms with Crippen molar-refractivity contribution in [2.45, 2.75) is 6.92 Å². The fraction of sp³-hybridized carbons (Fsp3) is 0.0417. The summed E-state index contributed by atoms with van der Waals surface area (Å²) in [5.74, 6) is 0.790. The molecule has 29 heavy (non-hydrogen) atoms. The van der Waals surface area contributed by atoms with E-state index in [1.807, 2.05) is 35.8 Å². The van der Waals surface area contributed by atoms with Gasteiger partial charge in [0.15, 0.2) is 0 Å². The molecular formula is C24H16F2N2O. The van der Waals surface area contributed by atoms with Gasteiger partial charge in [0.1, 0.15) is 29.5 Å². The summed E-state index contributed by atoms with van der Waals surface area (Å²) < 4.78 is 34.9. The van der Waals surface area contributed by atoms with Gasteiger partial charge >= 0.3 is 0 Å². The third-order valence-electron chi connectivity index (χ3n) is 4.95. The van der Waals surface area contributed by atoms with Crippen molar-refractivity contribution in [2.24, 2.45) is 0 Å². The molecule has 0 radical (unpaired) electrons. The van der Waals surface area contributed by atoms with Gasteiger partial charge in [-0.3, -0.25) is 4.57 Å².